The second-order valence-corrected chi connectivity index (χ2v) is 5.10. The van der Waals surface area contributed by atoms with Gasteiger partial charge in [0.25, 0.3) is 0 Å². The van der Waals surface area contributed by atoms with Crippen LogP contribution in [0, 0.1) is 12.8 Å². The first kappa shape index (κ1) is 10.8. The molecule has 1 N–H and O–H groups in total. The van der Waals surface area contributed by atoms with Gasteiger partial charge in [0.15, 0.2) is 0 Å². The van der Waals surface area contributed by atoms with Crippen molar-refractivity contribution in [1.29, 1.82) is 0 Å². The number of hydrogen-bond acceptors (Lipinski definition) is 1. The Balaban J connectivity index is 1.93. The van der Waals surface area contributed by atoms with E-state index in [1.165, 1.54) is 19.3 Å². The number of halogens is 1. The van der Waals surface area contributed by atoms with Gasteiger partial charge >= 0.3 is 0 Å². The van der Waals surface area contributed by atoms with E-state index in [0.717, 1.165) is 22.2 Å². The Morgan fingerprint density at radius 1 is 1.47 bits per heavy atom. The molecule has 0 saturated heterocycles. The van der Waals surface area contributed by atoms with E-state index < -0.39 is 0 Å². The number of anilines is 1. The van der Waals surface area contributed by atoms with Crippen molar-refractivity contribution in [2.75, 3.05) is 5.32 Å². The zero-order valence-electron chi connectivity index (χ0n) is 9.39. The highest BCUT2D eigenvalue weighted by molar-refractivity contribution is 6.31. The smallest absolute Gasteiger partial charge is 0.0455 e. The molecule has 0 aliphatic heterocycles. The maximum Gasteiger partial charge on any atom is 0.0455 e. The van der Waals surface area contributed by atoms with Crippen LogP contribution < -0.4 is 5.32 Å². The van der Waals surface area contributed by atoms with Crippen LogP contribution in [0.2, 0.25) is 5.02 Å². The van der Waals surface area contributed by atoms with E-state index in [4.69, 9.17) is 11.6 Å². The number of aryl methyl sites for hydroxylation is 1. The highest BCUT2D eigenvalue weighted by Gasteiger charge is 2.23. The second-order valence-electron chi connectivity index (χ2n) is 4.69. The summed E-state index contributed by atoms with van der Waals surface area (Å²) in [5, 5.41) is 4.34. The number of rotatable bonds is 4. The predicted molar refractivity (Wildman–Crippen MR) is 66.6 cm³/mol. The van der Waals surface area contributed by atoms with Crippen molar-refractivity contribution < 1.29 is 0 Å². The highest BCUT2D eigenvalue weighted by atomic mass is 35.5. The molecule has 82 valence electrons. The fourth-order valence-corrected chi connectivity index (χ4v) is 2.06. The van der Waals surface area contributed by atoms with Crippen LogP contribution in [-0.4, -0.2) is 6.04 Å². The van der Waals surface area contributed by atoms with Crippen LogP contribution in [0.3, 0.4) is 0 Å². The Morgan fingerprint density at radius 3 is 2.80 bits per heavy atom. The molecular formula is C13H18ClN. The van der Waals surface area contributed by atoms with Gasteiger partial charge in [0.1, 0.15) is 0 Å². The summed E-state index contributed by atoms with van der Waals surface area (Å²) in [7, 11) is 0. The molecule has 15 heavy (non-hydrogen) atoms. The summed E-state index contributed by atoms with van der Waals surface area (Å²) in [6.45, 7) is 4.27. The van der Waals surface area contributed by atoms with E-state index in [0.29, 0.717) is 6.04 Å². The minimum absolute atomic E-state index is 0.552. The van der Waals surface area contributed by atoms with Gasteiger partial charge in [-0.05, 0) is 43.9 Å². The summed E-state index contributed by atoms with van der Waals surface area (Å²) in [4.78, 5) is 0. The Labute approximate surface area is 96.8 Å². The molecule has 0 heterocycles. The Kier molecular flexibility index (Phi) is 3.20. The summed E-state index contributed by atoms with van der Waals surface area (Å²) in [6.07, 6.45) is 4.12. The average molecular weight is 224 g/mol. The molecular weight excluding hydrogens is 206 g/mol. The van der Waals surface area contributed by atoms with Crippen LogP contribution in [0.1, 0.15) is 31.7 Å². The summed E-state index contributed by atoms with van der Waals surface area (Å²) in [5.74, 6) is 0.966. The van der Waals surface area contributed by atoms with Gasteiger partial charge in [0.2, 0.25) is 0 Å². The summed E-state index contributed by atoms with van der Waals surface area (Å²) >= 11 is 6.08. The first-order valence-corrected chi connectivity index (χ1v) is 6.05. The van der Waals surface area contributed by atoms with Crippen molar-refractivity contribution in [2.45, 2.75) is 39.2 Å². The molecule has 0 spiro atoms. The van der Waals surface area contributed by atoms with Crippen LogP contribution in [0.15, 0.2) is 18.2 Å². The largest absolute Gasteiger partial charge is 0.383 e. The van der Waals surface area contributed by atoms with Gasteiger partial charge in [-0.15, -0.1) is 0 Å². The summed E-state index contributed by atoms with van der Waals surface area (Å²) in [5.41, 5.74) is 2.27. The topological polar surface area (TPSA) is 12.0 Å². The molecule has 2 heteroatoms. The maximum absolute atomic E-state index is 6.08. The van der Waals surface area contributed by atoms with E-state index in [1.807, 2.05) is 13.0 Å². The van der Waals surface area contributed by atoms with Crippen molar-refractivity contribution in [2.24, 2.45) is 5.92 Å². The Morgan fingerprint density at radius 2 is 2.20 bits per heavy atom. The molecule has 0 amide bonds. The molecule has 0 aromatic heterocycles. The minimum Gasteiger partial charge on any atom is -0.383 e. The second kappa shape index (κ2) is 4.44. The molecule has 1 aliphatic carbocycles. The van der Waals surface area contributed by atoms with Gasteiger partial charge in [-0.3, -0.25) is 0 Å². The predicted octanol–water partition coefficient (Wildman–Crippen LogP) is 4.25. The summed E-state index contributed by atoms with van der Waals surface area (Å²) in [6, 6.07) is 6.73. The SMILES string of the molecule is Cc1ccc(NC(C)CC2CC2)cc1Cl. The van der Waals surface area contributed by atoms with E-state index >= 15 is 0 Å². The number of hydrogen-bond donors (Lipinski definition) is 1. The average Bonchev–Trinajstić information content (AvgIpc) is 2.95. The van der Waals surface area contributed by atoms with E-state index in [2.05, 4.69) is 24.4 Å². The minimum atomic E-state index is 0.552. The van der Waals surface area contributed by atoms with Crippen LogP contribution in [-0.2, 0) is 0 Å². The molecule has 1 fully saturated rings. The lowest BCUT2D eigenvalue weighted by Crippen LogP contribution is -2.15. The lowest BCUT2D eigenvalue weighted by Gasteiger charge is -2.15. The highest BCUT2D eigenvalue weighted by Crippen LogP contribution is 2.34. The lowest BCUT2D eigenvalue weighted by molar-refractivity contribution is 0.642. The van der Waals surface area contributed by atoms with Crippen molar-refractivity contribution in [1.82, 2.24) is 0 Å². The number of benzene rings is 1. The van der Waals surface area contributed by atoms with Crippen molar-refractivity contribution >= 4 is 17.3 Å². The van der Waals surface area contributed by atoms with E-state index in [1.54, 1.807) is 0 Å². The Hall–Kier alpha value is -0.690. The molecule has 2 rings (SSSR count). The normalized spacial score (nSPS) is 17.5. The van der Waals surface area contributed by atoms with Gasteiger partial charge in [0, 0.05) is 16.8 Å². The first-order chi connectivity index (χ1) is 7.15. The van der Waals surface area contributed by atoms with Crippen LogP contribution in [0.25, 0.3) is 0 Å². The standard InChI is InChI=1S/C13H18ClN/c1-9-3-6-12(8-13(9)14)15-10(2)7-11-4-5-11/h3,6,8,10-11,15H,4-5,7H2,1-2H3. The fourth-order valence-electron chi connectivity index (χ4n) is 1.88. The third-order valence-corrected chi connectivity index (χ3v) is 3.38. The zero-order chi connectivity index (χ0) is 10.8. The van der Waals surface area contributed by atoms with E-state index in [9.17, 15) is 0 Å². The van der Waals surface area contributed by atoms with Gasteiger partial charge in [-0.1, -0.05) is 30.5 Å². The molecule has 1 saturated carbocycles. The monoisotopic (exact) mass is 223 g/mol. The fraction of sp³-hybridized carbons (Fsp3) is 0.538. The lowest BCUT2D eigenvalue weighted by atomic mass is 10.1. The van der Waals surface area contributed by atoms with Crippen molar-refractivity contribution in [3.8, 4) is 0 Å². The van der Waals surface area contributed by atoms with Crippen LogP contribution >= 0.6 is 11.6 Å². The quantitative estimate of drug-likeness (QED) is 0.805. The third kappa shape index (κ3) is 3.13. The van der Waals surface area contributed by atoms with E-state index in [-0.39, 0.29) is 0 Å². The van der Waals surface area contributed by atoms with Crippen LogP contribution in [0.4, 0.5) is 5.69 Å². The molecule has 1 aliphatic rings. The third-order valence-electron chi connectivity index (χ3n) is 2.97. The molecule has 1 unspecified atom stereocenters. The molecule has 1 nitrogen and oxygen atoms in total. The Bertz CT molecular complexity index is 344. The van der Waals surface area contributed by atoms with Crippen molar-refractivity contribution in [3.05, 3.63) is 28.8 Å². The molecule has 1 atom stereocenters. The zero-order valence-corrected chi connectivity index (χ0v) is 10.1. The molecule has 1 aromatic carbocycles. The van der Waals surface area contributed by atoms with Gasteiger partial charge in [-0.2, -0.15) is 0 Å². The summed E-state index contributed by atoms with van der Waals surface area (Å²) < 4.78 is 0. The first-order valence-electron chi connectivity index (χ1n) is 5.68. The van der Waals surface area contributed by atoms with Gasteiger partial charge in [-0.25, -0.2) is 0 Å². The van der Waals surface area contributed by atoms with Gasteiger partial charge < -0.3 is 5.32 Å². The molecule has 1 aromatic rings. The van der Waals surface area contributed by atoms with Crippen molar-refractivity contribution in [3.63, 3.8) is 0 Å². The maximum atomic E-state index is 6.08. The van der Waals surface area contributed by atoms with Crippen LogP contribution in [0.5, 0.6) is 0 Å². The van der Waals surface area contributed by atoms with Gasteiger partial charge in [0.05, 0.1) is 0 Å². The molecule has 0 radical (unpaired) electrons. The number of nitrogens with one attached hydrogen (secondary N) is 1. The molecule has 0 bridgehead atoms.